The summed E-state index contributed by atoms with van der Waals surface area (Å²) < 4.78 is 35.6. The van der Waals surface area contributed by atoms with E-state index in [2.05, 4.69) is 5.32 Å². The molecule has 0 atom stereocenters. The molecule has 21 heavy (non-hydrogen) atoms. The molecule has 0 aliphatic rings. The van der Waals surface area contributed by atoms with E-state index in [0.717, 1.165) is 30.3 Å². The summed E-state index contributed by atoms with van der Waals surface area (Å²) in [6.07, 6.45) is 2.29. The van der Waals surface area contributed by atoms with Crippen molar-refractivity contribution < 1.29 is 17.6 Å². The Morgan fingerprint density at radius 2 is 2.00 bits per heavy atom. The zero-order valence-corrected chi connectivity index (χ0v) is 14.1. The van der Waals surface area contributed by atoms with Crippen molar-refractivity contribution >= 4 is 10.0 Å². The van der Waals surface area contributed by atoms with Crippen LogP contribution in [-0.2, 0) is 21.3 Å². The predicted molar refractivity (Wildman–Crippen MR) is 81.6 cm³/mol. The molecule has 6 nitrogen and oxygen atoms in total. The van der Waals surface area contributed by atoms with E-state index < -0.39 is 10.0 Å². The Morgan fingerprint density at radius 1 is 1.29 bits per heavy atom. The second-order valence-corrected chi connectivity index (χ2v) is 7.39. The third-order valence-electron chi connectivity index (χ3n) is 2.87. The lowest BCUT2D eigenvalue weighted by Crippen LogP contribution is -2.21. The van der Waals surface area contributed by atoms with Gasteiger partial charge in [0.15, 0.2) is 0 Å². The van der Waals surface area contributed by atoms with Crippen LogP contribution in [0.1, 0.15) is 32.4 Å². The van der Waals surface area contributed by atoms with Crippen molar-refractivity contribution in [3.8, 4) is 0 Å². The van der Waals surface area contributed by atoms with Crippen LogP contribution in [0.3, 0.4) is 0 Å². The highest BCUT2D eigenvalue weighted by Gasteiger charge is 2.21. The molecule has 1 aromatic heterocycles. The van der Waals surface area contributed by atoms with Crippen LogP contribution >= 0.6 is 0 Å². The summed E-state index contributed by atoms with van der Waals surface area (Å²) in [5.41, 5.74) is 0. The molecule has 0 unspecified atom stereocenters. The number of furan rings is 1. The van der Waals surface area contributed by atoms with Gasteiger partial charge in [-0.2, -0.15) is 0 Å². The molecule has 0 saturated heterocycles. The first kappa shape index (κ1) is 18.2. The van der Waals surface area contributed by atoms with E-state index in [4.69, 9.17) is 9.15 Å². The molecule has 0 bridgehead atoms. The molecular weight excluding hydrogens is 292 g/mol. The number of unbranched alkanes of at least 4 members (excludes halogenated alkanes) is 1. The number of sulfonamides is 1. The van der Waals surface area contributed by atoms with E-state index in [1.165, 1.54) is 20.2 Å². The van der Waals surface area contributed by atoms with Crippen LogP contribution < -0.4 is 5.32 Å². The molecule has 1 aromatic rings. The molecule has 0 aliphatic heterocycles. The van der Waals surface area contributed by atoms with Gasteiger partial charge in [-0.05, 0) is 45.4 Å². The molecule has 1 N–H and O–H groups in total. The topological polar surface area (TPSA) is 71.8 Å². The minimum atomic E-state index is -3.48. The Morgan fingerprint density at radius 3 is 2.62 bits per heavy atom. The number of hydrogen-bond acceptors (Lipinski definition) is 5. The number of ether oxygens (including phenoxy) is 1. The maximum atomic E-state index is 11.8. The predicted octanol–water partition coefficient (Wildman–Crippen LogP) is 1.82. The van der Waals surface area contributed by atoms with Crippen LogP contribution in [0, 0.1) is 0 Å². The fraction of sp³-hybridized carbons (Fsp3) is 0.714. The lowest BCUT2D eigenvalue weighted by molar-refractivity contribution is 0.0760. The maximum Gasteiger partial charge on any atom is 0.275 e. The molecule has 1 rings (SSSR count). The largest absolute Gasteiger partial charge is 0.447 e. The standard InChI is InChI=1S/C14H26N2O4S/c1-12(2)19-10-6-5-9-15-11-13-7-8-14(20-13)21(17,18)16(3)4/h7-8,12,15H,5-6,9-11H2,1-4H3. The smallest absolute Gasteiger partial charge is 0.275 e. The molecule has 0 fully saturated rings. The maximum absolute atomic E-state index is 11.8. The van der Waals surface area contributed by atoms with E-state index >= 15 is 0 Å². The van der Waals surface area contributed by atoms with Crippen LogP contribution in [-0.4, -0.2) is 46.1 Å². The van der Waals surface area contributed by atoms with Gasteiger partial charge in [0.25, 0.3) is 10.0 Å². The van der Waals surface area contributed by atoms with Crippen LogP contribution in [0.25, 0.3) is 0 Å². The zero-order valence-electron chi connectivity index (χ0n) is 13.3. The van der Waals surface area contributed by atoms with Crippen molar-refractivity contribution in [3.05, 3.63) is 17.9 Å². The highest BCUT2D eigenvalue weighted by molar-refractivity contribution is 7.88. The minimum absolute atomic E-state index is 0.0189. The van der Waals surface area contributed by atoms with E-state index in [1.54, 1.807) is 6.07 Å². The van der Waals surface area contributed by atoms with Gasteiger partial charge in [-0.15, -0.1) is 0 Å². The van der Waals surface area contributed by atoms with Crippen LogP contribution in [0.15, 0.2) is 21.6 Å². The van der Waals surface area contributed by atoms with Gasteiger partial charge in [-0.1, -0.05) is 0 Å². The molecule has 0 saturated carbocycles. The Kier molecular flexibility index (Phi) is 7.37. The van der Waals surface area contributed by atoms with Gasteiger partial charge in [0.05, 0.1) is 12.6 Å². The number of nitrogens with one attached hydrogen (secondary N) is 1. The second-order valence-electron chi connectivity index (χ2n) is 5.31. The van der Waals surface area contributed by atoms with Crippen LogP contribution in [0.2, 0.25) is 0 Å². The van der Waals surface area contributed by atoms with Gasteiger partial charge in [-0.25, -0.2) is 12.7 Å². The number of hydrogen-bond donors (Lipinski definition) is 1. The number of rotatable bonds is 10. The summed E-state index contributed by atoms with van der Waals surface area (Å²) in [5.74, 6) is 0.619. The van der Waals surface area contributed by atoms with Crippen LogP contribution in [0.5, 0.6) is 0 Å². The fourth-order valence-electron chi connectivity index (χ4n) is 1.65. The van der Waals surface area contributed by atoms with E-state index in [-0.39, 0.29) is 11.2 Å². The summed E-state index contributed by atoms with van der Waals surface area (Å²) in [4.78, 5) is 0. The molecule has 0 aliphatic carbocycles. The molecule has 0 spiro atoms. The van der Waals surface area contributed by atoms with E-state index in [0.29, 0.717) is 12.3 Å². The van der Waals surface area contributed by atoms with Gasteiger partial charge in [0.2, 0.25) is 5.09 Å². The van der Waals surface area contributed by atoms with Gasteiger partial charge in [0.1, 0.15) is 5.76 Å². The third kappa shape index (κ3) is 6.17. The van der Waals surface area contributed by atoms with Crippen molar-refractivity contribution in [2.45, 2.75) is 44.4 Å². The highest BCUT2D eigenvalue weighted by Crippen LogP contribution is 2.16. The molecule has 7 heteroatoms. The quantitative estimate of drug-likeness (QED) is 0.666. The summed E-state index contributed by atoms with van der Waals surface area (Å²) in [5, 5.41) is 3.21. The van der Waals surface area contributed by atoms with Crippen molar-refractivity contribution in [1.82, 2.24) is 9.62 Å². The molecule has 1 heterocycles. The van der Waals surface area contributed by atoms with Gasteiger partial charge in [0, 0.05) is 20.7 Å². The Balaban J connectivity index is 2.27. The lowest BCUT2D eigenvalue weighted by Gasteiger charge is -2.08. The Hall–Kier alpha value is -0.890. The minimum Gasteiger partial charge on any atom is -0.447 e. The average Bonchev–Trinajstić information content (AvgIpc) is 2.86. The average molecular weight is 318 g/mol. The normalized spacial score (nSPS) is 12.5. The summed E-state index contributed by atoms with van der Waals surface area (Å²) in [6.45, 7) is 6.18. The van der Waals surface area contributed by atoms with Crippen molar-refractivity contribution in [3.63, 3.8) is 0 Å². The molecule has 122 valence electrons. The zero-order chi connectivity index (χ0) is 15.9. The molecule has 0 aromatic carbocycles. The third-order valence-corrected chi connectivity index (χ3v) is 4.56. The van der Waals surface area contributed by atoms with Crippen molar-refractivity contribution in [2.24, 2.45) is 0 Å². The molecule has 0 amide bonds. The van der Waals surface area contributed by atoms with Crippen LogP contribution in [0.4, 0.5) is 0 Å². The lowest BCUT2D eigenvalue weighted by atomic mass is 10.3. The fourth-order valence-corrected chi connectivity index (χ4v) is 2.47. The highest BCUT2D eigenvalue weighted by atomic mass is 32.2. The summed E-state index contributed by atoms with van der Waals surface area (Å²) >= 11 is 0. The molecule has 0 radical (unpaired) electrons. The van der Waals surface area contributed by atoms with E-state index in [9.17, 15) is 8.42 Å². The Labute approximate surface area is 127 Å². The molecular formula is C14H26N2O4S. The van der Waals surface area contributed by atoms with Gasteiger partial charge in [-0.3, -0.25) is 0 Å². The van der Waals surface area contributed by atoms with Gasteiger partial charge < -0.3 is 14.5 Å². The summed E-state index contributed by atoms with van der Waals surface area (Å²) in [6, 6.07) is 3.17. The first-order valence-electron chi connectivity index (χ1n) is 7.17. The van der Waals surface area contributed by atoms with Crippen molar-refractivity contribution in [2.75, 3.05) is 27.2 Å². The Bertz CT molecular complexity index is 509. The SMILES string of the molecule is CC(C)OCCCCNCc1ccc(S(=O)(=O)N(C)C)o1. The van der Waals surface area contributed by atoms with Gasteiger partial charge >= 0.3 is 0 Å². The monoisotopic (exact) mass is 318 g/mol. The number of nitrogens with zero attached hydrogens (tertiary/aromatic N) is 1. The second kappa shape index (κ2) is 8.53. The van der Waals surface area contributed by atoms with E-state index in [1.807, 2.05) is 13.8 Å². The summed E-state index contributed by atoms with van der Waals surface area (Å²) in [7, 11) is -0.522. The first-order valence-corrected chi connectivity index (χ1v) is 8.61. The van der Waals surface area contributed by atoms with Crippen molar-refractivity contribution in [1.29, 1.82) is 0 Å². The first-order chi connectivity index (χ1) is 9.84.